The highest BCUT2D eigenvalue weighted by Gasteiger charge is 2.16. The maximum absolute atomic E-state index is 12.0. The third-order valence-electron chi connectivity index (χ3n) is 3.93. The van der Waals surface area contributed by atoms with Crippen molar-refractivity contribution in [2.75, 3.05) is 20.0 Å². The Kier molecular flexibility index (Phi) is 7.25. The molecule has 0 atom stereocenters. The minimum absolute atomic E-state index is 0.186. The molecule has 0 unspecified atom stereocenters. The lowest BCUT2D eigenvalue weighted by atomic mass is 10.2. The van der Waals surface area contributed by atoms with Crippen molar-refractivity contribution in [3.8, 4) is 22.9 Å². The molecule has 0 aliphatic heterocycles. The molecule has 1 aromatic carbocycles. The standard InChI is InChI=1S/C19H21N5O3S2/c1-4-24-18(13-7-8-15(26-2)16(10-13)27-3)22-23-19(24)29-12-17(25)21-20-11-14-6-5-9-28-14/h5-11H,4,12H2,1-3H3,(H,21,25)/b20-11+. The Bertz CT molecular complexity index is 986. The first-order valence-corrected chi connectivity index (χ1v) is 10.7. The van der Waals surface area contributed by atoms with E-state index in [1.807, 2.05) is 47.2 Å². The van der Waals surface area contributed by atoms with Gasteiger partial charge in [0.25, 0.3) is 5.91 Å². The summed E-state index contributed by atoms with van der Waals surface area (Å²) in [5.41, 5.74) is 3.38. The van der Waals surface area contributed by atoms with Gasteiger partial charge in [-0.3, -0.25) is 4.79 Å². The van der Waals surface area contributed by atoms with E-state index >= 15 is 0 Å². The van der Waals surface area contributed by atoms with Crippen molar-refractivity contribution in [2.24, 2.45) is 5.10 Å². The maximum atomic E-state index is 12.0. The van der Waals surface area contributed by atoms with E-state index in [0.29, 0.717) is 29.0 Å². The van der Waals surface area contributed by atoms with Gasteiger partial charge in [-0.1, -0.05) is 17.8 Å². The zero-order chi connectivity index (χ0) is 20.6. The van der Waals surface area contributed by atoms with Crippen LogP contribution in [0.15, 0.2) is 46.0 Å². The summed E-state index contributed by atoms with van der Waals surface area (Å²) in [5.74, 6) is 1.94. The van der Waals surface area contributed by atoms with E-state index in [1.165, 1.54) is 11.8 Å². The van der Waals surface area contributed by atoms with E-state index in [0.717, 1.165) is 10.4 Å². The number of thiophene rings is 1. The molecule has 10 heteroatoms. The molecule has 1 N–H and O–H groups in total. The van der Waals surface area contributed by atoms with E-state index in [-0.39, 0.29) is 11.7 Å². The first-order chi connectivity index (χ1) is 14.2. The second kappa shape index (κ2) is 10.1. The Morgan fingerprint density at radius 2 is 2.10 bits per heavy atom. The largest absolute Gasteiger partial charge is 0.493 e. The van der Waals surface area contributed by atoms with E-state index in [4.69, 9.17) is 9.47 Å². The van der Waals surface area contributed by atoms with Gasteiger partial charge in [-0.2, -0.15) is 5.10 Å². The quantitative estimate of drug-likeness (QED) is 0.318. The lowest BCUT2D eigenvalue weighted by molar-refractivity contribution is -0.118. The highest BCUT2D eigenvalue weighted by atomic mass is 32.2. The molecule has 0 spiro atoms. The SMILES string of the molecule is CCn1c(SCC(=O)N/N=C/c2cccs2)nnc1-c1ccc(OC)c(OC)c1. The number of hydrogen-bond donors (Lipinski definition) is 1. The van der Waals surface area contributed by atoms with Crippen LogP contribution in [0, 0.1) is 0 Å². The fourth-order valence-corrected chi connectivity index (χ4v) is 3.94. The number of rotatable bonds is 9. The summed E-state index contributed by atoms with van der Waals surface area (Å²) in [7, 11) is 3.18. The third-order valence-corrected chi connectivity index (χ3v) is 5.71. The minimum Gasteiger partial charge on any atom is -0.493 e. The first kappa shape index (κ1) is 20.9. The third kappa shape index (κ3) is 5.15. The molecule has 3 rings (SSSR count). The Balaban J connectivity index is 1.67. The number of amides is 1. The molecule has 29 heavy (non-hydrogen) atoms. The van der Waals surface area contributed by atoms with E-state index in [1.54, 1.807) is 31.8 Å². The van der Waals surface area contributed by atoms with Crippen molar-refractivity contribution in [1.29, 1.82) is 0 Å². The number of ether oxygens (including phenoxy) is 2. The highest BCUT2D eigenvalue weighted by Crippen LogP contribution is 2.32. The van der Waals surface area contributed by atoms with Gasteiger partial charge in [0.15, 0.2) is 22.5 Å². The smallest absolute Gasteiger partial charge is 0.250 e. The molecule has 0 aliphatic carbocycles. The molecule has 0 saturated heterocycles. The minimum atomic E-state index is -0.207. The van der Waals surface area contributed by atoms with Crippen LogP contribution < -0.4 is 14.9 Å². The number of nitrogens with zero attached hydrogens (tertiary/aromatic N) is 4. The Morgan fingerprint density at radius 1 is 1.28 bits per heavy atom. The molecule has 0 saturated carbocycles. The molecule has 0 radical (unpaired) electrons. The zero-order valence-corrected chi connectivity index (χ0v) is 17.9. The lowest BCUT2D eigenvalue weighted by Gasteiger charge is -2.10. The average molecular weight is 432 g/mol. The van der Waals surface area contributed by atoms with Crippen LogP contribution in [0.25, 0.3) is 11.4 Å². The molecule has 2 heterocycles. The number of methoxy groups -OCH3 is 2. The van der Waals surface area contributed by atoms with E-state index < -0.39 is 0 Å². The van der Waals surface area contributed by atoms with Crippen molar-refractivity contribution >= 4 is 35.2 Å². The second-order valence-corrected chi connectivity index (χ2v) is 7.64. The fraction of sp³-hybridized carbons (Fsp3) is 0.263. The summed E-state index contributed by atoms with van der Waals surface area (Å²) in [6.07, 6.45) is 1.62. The van der Waals surface area contributed by atoms with Gasteiger partial charge in [-0.15, -0.1) is 21.5 Å². The highest BCUT2D eigenvalue weighted by molar-refractivity contribution is 7.99. The van der Waals surface area contributed by atoms with Gasteiger partial charge in [0.2, 0.25) is 0 Å². The summed E-state index contributed by atoms with van der Waals surface area (Å²) in [6.45, 7) is 2.67. The summed E-state index contributed by atoms with van der Waals surface area (Å²) >= 11 is 2.86. The normalized spacial score (nSPS) is 11.0. The molecular formula is C19H21N5O3S2. The Labute approximate surface area is 176 Å². The lowest BCUT2D eigenvalue weighted by Crippen LogP contribution is -2.19. The van der Waals surface area contributed by atoms with Gasteiger partial charge in [-0.25, -0.2) is 5.43 Å². The number of thioether (sulfide) groups is 1. The predicted octanol–water partition coefficient (Wildman–Crippen LogP) is 3.29. The monoisotopic (exact) mass is 431 g/mol. The summed E-state index contributed by atoms with van der Waals surface area (Å²) in [5, 5.41) is 15.1. The molecular weight excluding hydrogens is 410 g/mol. The molecule has 1 amide bonds. The number of hydrogen-bond acceptors (Lipinski definition) is 8. The van der Waals surface area contributed by atoms with Crippen molar-refractivity contribution in [3.05, 3.63) is 40.6 Å². The van der Waals surface area contributed by atoms with Crippen LogP contribution in [0.1, 0.15) is 11.8 Å². The fourth-order valence-electron chi connectivity index (χ4n) is 2.56. The number of benzene rings is 1. The zero-order valence-electron chi connectivity index (χ0n) is 16.3. The topological polar surface area (TPSA) is 90.6 Å². The van der Waals surface area contributed by atoms with Gasteiger partial charge in [0, 0.05) is 17.0 Å². The molecule has 152 valence electrons. The van der Waals surface area contributed by atoms with Crippen molar-refractivity contribution in [1.82, 2.24) is 20.2 Å². The van der Waals surface area contributed by atoms with Crippen LogP contribution in [0.2, 0.25) is 0 Å². The van der Waals surface area contributed by atoms with Crippen molar-refractivity contribution < 1.29 is 14.3 Å². The number of hydrazone groups is 1. The van der Waals surface area contributed by atoms with Gasteiger partial charge < -0.3 is 14.0 Å². The molecule has 3 aromatic rings. The molecule has 0 bridgehead atoms. The molecule has 0 fully saturated rings. The number of aromatic nitrogens is 3. The van der Waals surface area contributed by atoms with Crippen LogP contribution in [0.5, 0.6) is 11.5 Å². The molecule has 0 aliphatic rings. The molecule has 2 aromatic heterocycles. The van der Waals surface area contributed by atoms with Crippen LogP contribution >= 0.6 is 23.1 Å². The summed E-state index contributed by atoms with van der Waals surface area (Å²) in [4.78, 5) is 13.0. The van der Waals surface area contributed by atoms with E-state index in [2.05, 4.69) is 20.7 Å². The van der Waals surface area contributed by atoms with Gasteiger partial charge >= 0.3 is 0 Å². The van der Waals surface area contributed by atoms with E-state index in [9.17, 15) is 4.79 Å². The Morgan fingerprint density at radius 3 is 2.79 bits per heavy atom. The second-order valence-electron chi connectivity index (χ2n) is 5.72. The number of carbonyl (C=O) groups is 1. The predicted molar refractivity (Wildman–Crippen MR) is 115 cm³/mol. The number of carbonyl (C=O) groups excluding carboxylic acids is 1. The summed E-state index contributed by atoms with van der Waals surface area (Å²) < 4.78 is 12.6. The maximum Gasteiger partial charge on any atom is 0.250 e. The average Bonchev–Trinajstić information content (AvgIpc) is 3.41. The summed E-state index contributed by atoms with van der Waals surface area (Å²) in [6, 6.07) is 9.44. The first-order valence-electron chi connectivity index (χ1n) is 8.80. The molecule has 8 nitrogen and oxygen atoms in total. The number of nitrogens with one attached hydrogen (secondary N) is 1. The van der Waals surface area contributed by atoms with Crippen molar-refractivity contribution in [2.45, 2.75) is 18.6 Å². The van der Waals surface area contributed by atoms with Crippen LogP contribution in [0.3, 0.4) is 0 Å². The van der Waals surface area contributed by atoms with Crippen LogP contribution in [-0.2, 0) is 11.3 Å². The van der Waals surface area contributed by atoms with Gasteiger partial charge in [-0.05, 0) is 36.6 Å². The van der Waals surface area contributed by atoms with Gasteiger partial charge in [0.05, 0.1) is 26.2 Å². The Hall–Kier alpha value is -2.85. The van der Waals surface area contributed by atoms with Crippen LogP contribution in [0.4, 0.5) is 0 Å². The van der Waals surface area contributed by atoms with Crippen molar-refractivity contribution in [3.63, 3.8) is 0 Å². The van der Waals surface area contributed by atoms with Gasteiger partial charge in [0.1, 0.15) is 0 Å². The van der Waals surface area contributed by atoms with Crippen LogP contribution in [-0.4, -0.2) is 46.9 Å².